The Morgan fingerprint density at radius 2 is 2.21 bits per heavy atom. The van der Waals surface area contributed by atoms with Crippen LogP contribution in [0.1, 0.15) is 6.92 Å². The zero-order chi connectivity index (χ0) is 10.7. The summed E-state index contributed by atoms with van der Waals surface area (Å²) in [5, 5.41) is 14.7. The lowest BCUT2D eigenvalue weighted by Crippen LogP contribution is -2.33. The smallest absolute Gasteiger partial charge is 0.342 e. The number of carbonyl (C=O) groups excluding carboxylic acids is 1. The first-order valence-corrected chi connectivity index (χ1v) is 4.45. The van der Waals surface area contributed by atoms with Crippen LogP contribution in [0.25, 0.3) is 0 Å². The average Bonchev–Trinajstić information content (AvgIpc) is 2.09. The molecule has 1 unspecified atom stereocenters. The van der Waals surface area contributed by atoms with Crippen LogP contribution in [0, 0.1) is 0 Å². The van der Waals surface area contributed by atoms with Crippen molar-refractivity contribution in [3.63, 3.8) is 0 Å². The largest absolute Gasteiger partial charge is 0.549 e. The number of aliphatic carboxylic acids is 1. The van der Waals surface area contributed by atoms with Crippen LogP contribution in [0.3, 0.4) is 0 Å². The van der Waals surface area contributed by atoms with Gasteiger partial charge in [-0.3, -0.25) is 9.78 Å². The van der Waals surface area contributed by atoms with Gasteiger partial charge < -0.3 is 9.90 Å². The molecule has 7 nitrogen and oxygen atoms in total. The first-order chi connectivity index (χ1) is 6.50. The number of carbonyl (C=O) groups is 1. The number of rotatable bonds is 3. The second-order valence-electron chi connectivity index (χ2n) is 2.39. The number of carboxylic acids is 1. The Labute approximate surface area is 81.6 Å². The molecule has 1 aromatic rings. The normalized spacial score (nSPS) is 12.4. The molecular weight excluding hydrogens is 210 g/mol. The van der Waals surface area contributed by atoms with Gasteiger partial charge in [0.2, 0.25) is 0 Å². The highest BCUT2D eigenvalue weighted by Gasteiger charge is 2.09. The van der Waals surface area contributed by atoms with Gasteiger partial charge in [-0.15, -0.1) is 0 Å². The molecule has 76 valence electrons. The Hall–Kier alpha value is -1.57. The molecule has 0 saturated heterocycles. The third-order valence-electron chi connectivity index (χ3n) is 1.30. The minimum atomic E-state index is -1.30. The molecule has 1 heterocycles. The van der Waals surface area contributed by atoms with E-state index in [9.17, 15) is 19.5 Å². The fraction of sp³-hybridized carbons (Fsp3) is 0.333. The van der Waals surface area contributed by atoms with Gasteiger partial charge in [0, 0.05) is 5.25 Å². The van der Waals surface area contributed by atoms with Crippen LogP contribution in [0.15, 0.2) is 14.6 Å². The number of hydrogen-bond acceptors (Lipinski definition) is 6. The molecule has 1 atom stereocenters. The summed E-state index contributed by atoms with van der Waals surface area (Å²) in [5.41, 5.74) is -1.45. The van der Waals surface area contributed by atoms with Crippen molar-refractivity contribution in [1.29, 1.82) is 0 Å². The van der Waals surface area contributed by atoms with Crippen molar-refractivity contribution in [1.82, 2.24) is 15.2 Å². The van der Waals surface area contributed by atoms with Crippen LogP contribution < -0.4 is 16.4 Å². The summed E-state index contributed by atoms with van der Waals surface area (Å²) in [7, 11) is 0. The fourth-order valence-electron chi connectivity index (χ4n) is 0.632. The Balaban J connectivity index is 2.93. The van der Waals surface area contributed by atoms with Crippen LogP contribution in [0.5, 0.6) is 0 Å². The molecule has 0 spiro atoms. The van der Waals surface area contributed by atoms with E-state index in [4.69, 9.17) is 0 Å². The van der Waals surface area contributed by atoms with Gasteiger partial charge in [0.15, 0.2) is 5.03 Å². The summed E-state index contributed by atoms with van der Waals surface area (Å²) in [6.45, 7) is 1.35. The summed E-state index contributed by atoms with van der Waals surface area (Å²) >= 11 is 0.700. The molecule has 0 radical (unpaired) electrons. The molecule has 0 aromatic carbocycles. The predicted octanol–water partition coefficient (Wildman–Crippen LogP) is -2.31. The summed E-state index contributed by atoms with van der Waals surface area (Å²) in [6, 6.07) is 0. The molecule has 14 heavy (non-hydrogen) atoms. The van der Waals surface area contributed by atoms with E-state index in [1.807, 2.05) is 10.1 Å². The summed E-state index contributed by atoms with van der Waals surface area (Å²) in [4.78, 5) is 33.8. The van der Waals surface area contributed by atoms with Gasteiger partial charge in [-0.2, -0.15) is 5.10 Å². The molecule has 0 fully saturated rings. The third-order valence-corrected chi connectivity index (χ3v) is 2.35. The van der Waals surface area contributed by atoms with Gasteiger partial charge in [0.25, 0.3) is 5.56 Å². The molecular formula is C6H6N3O4S-. The first kappa shape index (κ1) is 10.5. The van der Waals surface area contributed by atoms with E-state index in [2.05, 4.69) is 5.10 Å². The van der Waals surface area contributed by atoms with Gasteiger partial charge in [-0.1, -0.05) is 11.8 Å². The van der Waals surface area contributed by atoms with E-state index in [1.54, 1.807) is 0 Å². The molecule has 1 aromatic heterocycles. The second kappa shape index (κ2) is 4.09. The van der Waals surface area contributed by atoms with Gasteiger partial charge in [-0.25, -0.2) is 9.89 Å². The summed E-state index contributed by atoms with van der Waals surface area (Å²) in [6.07, 6.45) is 0. The average molecular weight is 216 g/mol. The molecule has 0 amide bonds. The van der Waals surface area contributed by atoms with E-state index in [0.717, 1.165) is 0 Å². The summed E-state index contributed by atoms with van der Waals surface area (Å²) in [5.74, 6) is -1.30. The minimum absolute atomic E-state index is 0.110. The molecule has 0 aliphatic rings. The molecule has 0 bridgehead atoms. The van der Waals surface area contributed by atoms with Crippen LogP contribution in [-0.4, -0.2) is 26.4 Å². The van der Waals surface area contributed by atoms with Gasteiger partial charge in [-0.05, 0) is 6.92 Å². The third kappa shape index (κ3) is 2.46. The summed E-state index contributed by atoms with van der Waals surface area (Å²) < 4.78 is 0. The van der Waals surface area contributed by atoms with E-state index in [-0.39, 0.29) is 5.03 Å². The predicted molar refractivity (Wildman–Crippen MR) is 45.8 cm³/mol. The van der Waals surface area contributed by atoms with Gasteiger partial charge in [0.1, 0.15) is 0 Å². The molecule has 0 aliphatic heterocycles. The highest BCUT2D eigenvalue weighted by Crippen LogP contribution is 2.15. The number of carboxylic acid groups (broad SMARTS) is 1. The Bertz CT molecular complexity index is 451. The van der Waals surface area contributed by atoms with Crippen molar-refractivity contribution in [2.45, 2.75) is 17.2 Å². The van der Waals surface area contributed by atoms with E-state index < -0.39 is 22.5 Å². The highest BCUT2D eigenvalue weighted by molar-refractivity contribution is 8.00. The maximum absolute atomic E-state index is 11.0. The fourth-order valence-corrected chi connectivity index (χ4v) is 1.32. The van der Waals surface area contributed by atoms with Crippen molar-refractivity contribution in [2.24, 2.45) is 0 Å². The van der Waals surface area contributed by atoms with E-state index in [0.29, 0.717) is 11.8 Å². The Kier molecular flexibility index (Phi) is 3.07. The molecule has 1 rings (SSSR count). The highest BCUT2D eigenvalue weighted by atomic mass is 32.2. The second-order valence-corrected chi connectivity index (χ2v) is 3.72. The Morgan fingerprint density at radius 1 is 1.57 bits per heavy atom. The topological polar surface area (TPSA) is 119 Å². The lowest BCUT2D eigenvalue weighted by molar-refractivity contribution is -0.304. The lowest BCUT2D eigenvalue weighted by atomic mass is 10.5. The zero-order valence-corrected chi connectivity index (χ0v) is 7.88. The standard InChI is InChI=1S/C6H7N3O4S/c1-2(5(11)12)14-4-3(10)7-6(13)9-8-4/h2H,1H3,(H,11,12)(H2,7,9,10,13)/p-1. The zero-order valence-electron chi connectivity index (χ0n) is 7.07. The number of aromatic nitrogens is 3. The van der Waals surface area contributed by atoms with Crippen LogP contribution in [0.2, 0.25) is 0 Å². The van der Waals surface area contributed by atoms with Crippen LogP contribution >= 0.6 is 11.8 Å². The van der Waals surface area contributed by atoms with Crippen molar-refractivity contribution in [2.75, 3.05) is 0 Å². The number of thioether (sulfide) groups is 1. The number of hydrogen-bond donors (Lipinski definition) is 2. The molecule has 8 heteroatoms. The molecule has 0 aliphatic carbocycles. The van der Waals surface area contributed by atoms with E-state index in [1.165, 1.54) is 6.92 Å². The van der Waals surface area contributed by atoms with Gasteiger partial charge >= 0.3 is 5.69 Å². The maximum atomic E-state index is 11.0. The lowest BCUT2D eigenvalue weighted by Gasteiger charge is -2.09. The monoisotopic (exact) mass is 216 g/mol. The number of aromatic amines is 2. The molecule has 0 saturated carbocycles. The van der Waals surface area contributed by atoms with Crippen LogP contribution in [0.4, 0.5) is 0 Å². The van der Waals surface area contributed by atoms with Crippen LogP contribution in [-0.2, 0) is 4.79 Å². The number of nitrogens with one attached hydrogen (secondary N) is 2. The number of nitrogens with zero attached hydrogens (tertiary/aromatic N) is 1. The van der Waals surface area contributed by atoms with Crippen molar-refractivity contribution >= 4 is 17.7 Å². The SMILES string of the molecule is CC(Sc1n[nH]c(=O)[nH]c1=O)C(=O)[O-]. The maximum Gasteiger partial charge on any atom is 0.342 e. The van der Waals surface area contributed by atoms with Gasteiger partial charge in [0.05, 0.1) is 5.97 Å². The Morgan fingerprint density at radius 3 is 2.71 bits per heavy atom. The van der Waals surface area contributed by atoms with Crippen molar-refractivity contribution in [3.05, 3.63) is 20.8 Å². The molecule has 2 N–H and O–H groups in total. The van der Waals surface area contributed by atoms with E-state index >= 15 is 0 Å². The minimum Gasteiger partial charge on any atom is -0.549 e. The van der Waals surface area contributed by atoms with Crippen molar-refractivity contribution < 1.29 is 9.90 Å². The quantitative estimate of drug-likeness (QED) is 0.548. The number of H-pyrrole nitrogens is 2. The van der Waals surface area contributed by atoms with Crippen molar-refractivity contribution in [3.8, 4) is 0 Å². The first-order valence-electron chi connectivity index (χ1n) is 3.57.